The molecule has 0 amide bonds. The molecule has 0 bridgehead atoms. The number of hydrogen-bond donors (Lipinski definition) is 4. The zero-order valence-corrected chi connectivity index (χ0v) is 12.7. The van der Waals surface area contributed by atoms with Gasteiger partial charge < -0.3 is 15.5 Å². The molecule has 0 atom stereocenters. The number of anilines is 1. The standard InChI is InChI=1S/C14H17N3O4S/c15-11-12-4-5-14(13(10-12)16-6-3-9-19)22(20,21)17-7-1-2-8-18/h4-5,10,16-19H,3,6-9H2. The van der Waals surface area contributed by atoms with Gasteiger partial charge in [-0.15, -0.1) is 0 Å². The molecular weight excluding hydrogens is 306 g/mol. The van der Waals surface area contributed by atoms with E-state index in [1.54, 1.807) is 0 Å². The van der Waals surface area contributed by atoms with Gasteiger partial charge in [-0.3, -0.25) is 0 Å². The largest absolute Gasteiger partial charge is 0.396 e. The minimum absolute atomic E-state index is 0.00441. The Labute approximate surface area is 129 Å². The molecule has 118 valence electrons. The lowest BCUT2D eigenvalue weighted by atomic mass is 10.2. The summed E-state index contributed by atoms with van der Waals surface area (Å²) < 4.78 is 26.8. The van der Waals surface area contributed by atoms with Crippen molar-refractivity contribution in [1.29, 1.82) is 5.26 Å². The van der Waals surface area contributed by atoms with Crippen molar-refractivity contribution in [3.05, 3.63) is 23.8 Å². The van der Waals surface area contributed by atoms with E-state index in [0.717, 1.165) is 0 Å². The third kappa shape index (κ3) is 5.35. The Balaban J connectivity index is 3.02. The van der Waals surface area contributed by atoms with Crippen LogP contribution in [0, 0.1) is 23.2 Å². The molecule has 0 aromatic heterocycles. The first-order chi connectivity index (χ1) is 10.5. The molecule has 0 aliphatic carbocycles. The molecule has 0 aliphatic rings. The predicted molar refractivity (Wildman–Crippen MR) is 81.4 cm³/mol. The molecular formula is C14H17N3O4S. The second-order valence-corrected chi connectivity index (χ2v) is 5.90. The maximum absolute atomic E-state index is 12.2. The van der Waals surface area contributed by atoms with Crippen LogP contribution in [0.5, 0.6) is 0 Å². The summed E-state index contributed by atoms with van der Waals surface area (Å²) in [6.45, 7) is -0.119. The number of hydrogen-bond acceptors (Lipinski definition) is 6. The second kappa shape index (κ2) is 9.03. The SMILES string of the molecule is N#Cc1ccc(S(=O)(=O)NCC#CCO)c(NCCCO)c1. The van der Waals surface area contributed by atoms with Crippen LogP contribution in [-0.4, -0.2) is 44.9 Å². The molecule has 1 rings (SSSR count). The van der Waals surface area contributed by atoms with Gasteiger partial charge in [0.25, 0.3) is 0 Å². The number of rotatable bonds is 7. The summed E-state index contributed by atoms with van der Waals surface area (Å²) in [6.07, 6.45) is 0.450. The highest BCUT2D eigenvalue weighted by atomic mass is 32.2. The van der Waals surface area contributed by atoms with Crippen molar-refractivity contribution < 1.29 is 18.6 Å². The number of aliphatic hydroxyl groups is 2. The van der Waals surface area contributed by atoms with Crippen LogP contribution in [0.4, 0.5) is 5.69 Å². The van der Waals surface area contributed by atoms with Crippen molar-refractivity contribution in [2.45, 2.75) is 11.3 Å². The Bertz CT molecular complexity index is 699. The van der Waals surface area contributed by atoms with Gasteiger partial charge in [0.15, 0.2) is 0 Å². The van der Waals surface area contributed by atoms with E-state index < -0.39 is 10.0 Å². The van der Waals surface area contributed by atoms with Crippen LogP contribution < -0.4 is 10.0 Å². The first kappa shape index (κ1) is 18.0. The molecule has 0 fully saturated rings. The minimum atomic E-state index is -3.80. The quantitative estimate of drug-likeness (QED) is 0.401. The smallest absolute Gasteiger partial charge is 0.243 e. The summed E-state index contributed by atoms with van der Waals surface area (Å²) in [5.74, 6) is 4.80. The van der Waals surface area contributed by atoms with E-state index in [1.807, 2.05) is 6.07 Å². The lowest BCUT2D eigenvalue weighted by molar-refractivity contribution is 0.292. The maximum Gasteiger partial charge on any atom is 0.243 e. The van der Waals surface area contributed by atoms with Crippen LogP contribution in [0.15, 0.2) is 23.1 Å². The molecule has 22 heavy (non-hydrogen) atoms. The number of nitrogens with one attached hydrogen (secondary N) is 2. The van der Waals surface area contributed by atoms with Crippen molar-refractivity contribution in [2.75, 3.05) is 31.6 Å². The third-order valence-electron chi connectivity index (χ3n) is 2.60. The van der Waals surface area contributed by atoms with E-state index in [4.69, 9.17) is 15.5 Å². The number of nitriles is 1. The topological polar surface area (TPSA) is 122 Å². The average Bonchev–Trinajstić information content (AvgIpc) is 2.51. The Morgan fingerprint density at radius 2 is 2.00 bits per heavy atom. The van der Waals surface area contributed by atoms with Gasteiger partial charge in [0.1, 0.15) is 11.5 Å². The fourth-order valence-electron chi connectivity index (χ4n) is 1.60. The first-order valence-corrected chi connectivity index (χ1v) is 7.98. The molecule has 1 aromatic rings. The highest BCUT2D eigenvalue weighted by molar-refractivity contribution is 7.89. The van der Waals surface area contributed by atoms with Crippen LogP contribution in [0.3, 0.4) is 0 Å². The lowest BCUT2D eigenvalue weighted by Gasteiger charge is -2.12. The number of aliphatic hydroxyl groups excluding tert-OH is 2. The summed E-state index contributed by atoms with van der Waals surface area (Å²) in [4.78, 5) is -0.00441. The van der Waals surface area contributed by atoms with E-state index >= 15 is 0 Å². The molecule has 4 N–H and O–H groups in total. The highest BCUT2D eigenvalue weighted by Crippen LogP contribution is 2.22. The van der Waals surface area contributed by atoms with E-state index in [0.29, 0.717) is 18.5 Å². The van der Waals surface area contributed by atoms with Gasteiger partial charge in [0.2, 0.25) is 10.0 Å². The molecule has 8 heteroatoms. The van der Waals surface area contributed by atoms with E-state index in [9.17, 15) is 8.42 Å². The van der Waals surface area contributed by atoms with Gasteiger partial charge in [-0.05, 0) is 24.6 Å². The summed E-state index contributed by atoms with van der Waals surface area (Å²) in [5, 5.41) is 29.1. The molecule has 0 spiro atoms. The maximum atomic E-state index is 12.2. The van der Waals surface area contributed by atoms with Crippen molar-refractivity contribution in [2.24, 2.45) is 0 Å². The van der Waals surface area contributed by atoms with Gasteiger partial charge in [-0.25, -0.2) is 8.42 Å². The average molecular weight is 323 g/mol. The fourth-order valence-corrected chi connectivity index (χ4v) is 2.69. The normalized spacial score (nSPS) is 10.4. The third-order valence-corrected chi connectivity index (χ3v) is 4.06. The zero-order valence-electron chi connectivity index (χ0n) is 11.8. The number of nitrogens with zero attached hydrogens (tertiary/aromatic N) is 1. The predicted octanol–water partition coefficient (Wildman–Crippen LogP) is -0.373. The van der Waals surface area contributed by atoms with Gasteiger partial charge in [0.05, 0.1) is 23.9 Å². The molecule has 7 nitrogen and oxygen atoms in total. The number of sulfonamides is 1. The van der Waals surface area contributed by atoms with E-state index in [-0.39, 0.29) is 30.3 Å². The van der Waals surface area contributed by atoms with Gasteiger partial charge in [0, 0.05) is 13.2 Å². The fraction of sp³-hybridized carbons (Fsp3) is 0.357. The van der Waals surface area contributed by atoms with E-state index in [1.165, 1.54) is 18.2 Å². The molecule has 0 aliphatic heterocycles. The first-order valence-electron chi connectivity index (χ1n) is 6.50. The molecule has 0 radical (unpaired) electrons. The van der Waals surface area contributed by atoms with Crippen LogP contribution in [-0.2, 0) is 10.0 Å². The number of benzene rings is 1. The van der Waals surface area contributed by atoms with Gasteiger partial charge >= 0.3 is 0 Å². The van der Waals surface area contributed by atoms with Crippen LogP contribution >= 0.6 is 0 Å². The van der Waals surface area contributed by atoms with Crippen molar-refractivity contribution in [1.82, 2.24) is 4.72 Å². The van der Waals surface area contributed by atoms with E-state index in [2.05, 4.69) is 21.9 Å². The Kier molecular flexibility index (Phi) is 7.37. The second-order valence-electron chi connectivity index (χ2n) is 4.16. The summed E-state index contributed by atoms with van der Waals surface area (Å²) in [6, 6.07) is 6.12. The van der Waals surface area contributed by atoms with Crippen LogP contribution in [0.25, 0.3) is 0 Å². The van der Waals surface area contributed by atoms with Crippen molar-refractivity contribution in [3.8, 4) is 17.9 Å². The molecule has 0 saturated heterocycles. The van der Waals surface area contributed by atoms with Crippen LogP contribution in [0.2, 0.25) is 0 Å². The van der Waals surface area contributed by atoms with Crippen molar-refractivity contribution in [3.63, 3.8) is 0 Å². The summed E-state index contributed by atoms with van der Waals surface area (Å²) in [5.41, 5.74) is 0.612. The molecule has 0 saturated carbocycles. The Morgan fingerprint density at radius 3 is 2.64 bits per heavy atom. The molecule has 0 unspecified atom stereocenters. The molecule has 1 aromatic carbocycles. The monoisotopic (exact) mass is 323 g/mol. The summed E-state index contributed by atoms with van der Waals surface area (Å²) >= 11 is 0. The zero-order chi connectivity index (χ0) is 16.4. The lowest BCUT2D eigenvalue weighted by Crippen LogP contribution is -2.25. The minimum Gasteiger partial charge on any atom is -0.396 e. The Hall–Kier alpha value is -2.10. The summed E-state index contributed by atoms with van der Waals surface area (Å²) in [7, 11) is -3.80. The highest BCUT2D eigenvalue weighted by Gasteiger charge is 2.18. The van der Waals surface area contributed by atoms with Crippen LogP contribution in [0.1, 0.15) is 12.0 Å². The van der Waals surface area contributed by atoms with Gasteiger partial charge in [-0.2, -0.15) is 9.98 Å². The van der Waals surface area contributed by atoms with Gasteiger partial charge in [-0.1, -0.05) is 11.8 Å². The van der Waals surface area contributed by atoms with Crippen molar-refractivity contribution >= 4 is 15.7 Å². The molecule has 0 heterocycles. The Morgan fingerprint density at radius 1 is 1.23 bits per heavy atom.